The zero-order valence-electron chi connectivity index (χ0n) is 8.78. The lowest BCUT2D eigenvalue weighted by molar-refractivity contribution is 0.706. The molecule has 5 nitrogen and oxygen atoms in total. The Kier molecular flexibility index (Phi) is 4.13. The topological polar surface area (TPSA) is 55.6 Å². The molecule has 8 heteroatoms. The minimum absolute atomic E-state index is 0.578. The number of halogens is 3. The summed E-state index contributed by atoms with van der Waals surface area (Å²) in [6.07, 6.45) is 0. The fourth-order valence-corrected chi connectivity index (χ4v) is 3.39. The lowest BCUT2D eigenvalue weighted by atomic mass is 10.3. The van der Waals surface area contributed by atoms with E-state index in [1.165, 1.54) is 0 Å². The molecule has 0 saturated carbocycles. The van der Waals surface area contributed by atoms with E-state index in [-0.39, 0.29) is 0 Å². The second-order valence-corrected chi connectivity index (χ2v) is 5.40. The van der Waals surface area contributed by atoms with Crippen LogP contribution in [0.15, 0.2) is 21.1 Å². The van der Waals surface area contributed by atoms with Gasteiger partial charge in [-0.15, -0.1) is 5.10 Å². The van der Waals surface area contributed by atoms with E-state index in [1.54, 1.807) is 16.8 Å². The monoisotopic (exact) mass is 379 g/mol. The Morgan fingerprint density at radius 1 is 1.35 bits per heavy atom. The number of benzene rings is 1. The molecule has 0 spiro atoms. The minimum atomic E-state index is 0.578. The van der Waals surface area contributed by atoms with E-state index in [0.717, 1.165) is 20.5 Å². The Hall–Kier alpha value is -0.500. The standard InChI is InChI=1S/C9H8Br2ClN5/c1-13-4-8-14-15-16-17(8)9-6(10)2-5(12)3-7(9)11/h2-3,13H,4H2,1H3. The van der Waals surface area contributed by atoms with Crippen LogP contribution in [-0.4, -0.2) is 27.3 Å². The van der Waals surface area contributed by atoms with Crippen molar-refractivity contribution in [2.24, 2.45) is 0 Å². The first kappa shape index (κ1) is 12.9. The highest BCUT2D eigenvalue weighted by Gasteiger charge is 2.14. The number of nitrogens with zero attached hydrogens (tertiary/aromatic N) is 4. The van der Waals surface area contributed by atoms with Crippen LogP contribution in [0.25, 0.3) is 5.69 Å². The largest absolute Gasteiger partial charge is 0.313 e. The smallest absolute Gasteiger partial charge is 0.170 e. The molecule has 0 aliphatic rings. The third-order valence-corrected chi connectivity index (χ3v) is 3.49. The van der Waals surface area contributed by atoms with Crippen molar-refractivity contribution in [3.8, 4) is 5.69 Å². The highest BCUT2D eigenvalue weighted by Crippen LogP contribution is 2.32. The van der Waals surface area contributed by atoms with Crippen LogP contribution < -0.4 is 5.32 Å². The molecule has 0 radical (unpaired) electrons. The summed E-state index contributed by atoms with van der Waals surface area (Å²) in [5.74, 6) is 0.719. The molecule has 0 fully saturated rings. The van der Waals surface area contributed by atoms with Gasteiger partial charge in [-0.3, -0.25) is 0 Å². The molecule has 0 unspecified atom stereocenters. The zero-order valence-corrected chi connectivity index (χ0v) is 12.7. The molecule has 1 N–H and O–H groups in total. The first-order valence-electron chi connectivity index (χ1n) is 4.70. The molecule has 0 atom stereocenters. The van der Waals surface area contributed by atoms with E-state index >= 15 is 0 Å². The molecule has 0 saturated heterocycles. The van der Waals surface area contributed by atoms with Gasteiger partial charge in [0.15, 0.2) is 5.82 Å². The summed E-state index contributed by atoms with van der Waals surface area (Å²) < 4.78 is 3.30. The summed E-state index contributed by atoms with van der Waals surface area (Å²) in [5, 5.41) is 15.2. The Bertz CT molecular complexity index is 519. The maximum absolute atomic E-state index is 5.95. The Morgan fingerprint density at radius 2 is 2.00 bits per heavy atom. The number of aromatic nitrogens is 4. The number of nitrogens with one attached hydrogen (secondary N) is 1. The van der Waals surface area contributed by atoms with Crippen molar-refractivity contribution in [1.82, 2.24) is 25.5 Å². The lowest BCUT2D eigenvalue weighted by Crippen LogP contribution is -2.12. The van der Waals surface area contributed by atoms with Crippen LogP contribution in [-0.2, 0) is 6.54 Å². The third kappa shape index (κ3) is 2.67. The predicted octanol–water partition coefficient (Wildman–Crippen LogP) is 2.56. The molecule has 2 aromatic rings. The van der Waals surface area contributed by atoms with Crippen molar-refractivity contribution < 1.29 is 0 Å². The van der Waals surface area contributed by atoms with Gasteiger partial charge < -0.3 is 5.32 Å². The highest BCUT2D eigenvalue weighted by atomic mass is 79.9. The fraction of sp³-hybridized carbons (Fsp3) is 0.222. The van der Waals surface area contributed by atoms with Gasteiger partial charge >= 0.3 is 0 Å². The van der Waals surface area contributed by atoms with E-state index in [1.807, 2.05) is 7.05 Å². The van der Waals surface area contributed by atoms with E-state index in [4.69, 9.17) is 11.6 Å². The quantitative estimate of drug-likeness (QED) is 0.888. The van der Waals surface area contributed by atoms with Crippen LogP contribution in [0, 0.1) is 0 Å². The van der Waals surface area contributed by atoms with Gasteiger partial charge in [0.2, 0.25) is 0 Å². The van der Waals surface area contributed by atoms with Gasteiger partial charge in [0.1, 0.15) is 0 Å². The van der Waals surface area contributed by atoms with Gasteiger partial charge in [0.25, 0.3) is 0 Å². The van der Waals surface area contributed by atoms with Gasteiger partial charge in [-0.25, -0.2) is 0 Å². The predicted molar refractivity (Wildman–Crippen MR) is 72.3 cm³/mol. The van der Waals surface area contributed by atoms with Crippen LogP contribution in [0.5, 0.6) is 0 Å². The molecule has 0 aliphatic carbocycles. The summed E-state index contributed by atoms with van der Waals surface area (Å²) in [6.45, 7) is 0.578. The van der Waals surface area contributed by atoms with Crippen molar-refractivity contribution in [1.29, 1.82) is 0 Å². The van der Waals surface area contributed by atoms with E-state index < -0.39 is 0 Å². The average Bonchev–Trinajstić information content (AvgIpc) is 2.65. The molecule has 1 heterocycles. The van der Waals surface area contributed by atoms with Gasteiger partial charge in [0, 0.05) is 14.0 Å². The van der Waals surface area contributed by atoms with Crippen molar-refractivity contribution in [2.45, 2.75) is 6.54 Å². The number of hydrogen-bond acceptors (Lipinski definition) is 4. The van der Waals surface area contributed by atoms with Gasteiger partial charge in [-0.2, -0.15) is 4.68 Å². The average molecular weight is 381 g/mol. The van der Waals surface area contributed by atoms with Crippen LogP contribution in [0.2, 0.25) is 5.02 Å². The van der Waals surface area contributed by atoms with Crippen LogP contribution in [0.1, 0.15) is 5.82 Å². The van der Waals surface area contributed by atoms with E-state index in [0.29, 0.717) is 11.6 Å². The summed E-state index contributed by atoms with van der Waals surface area (Å²) in [5.41, 5.74) is 0.824. The second kappa shape index (κ2) is 5.43. The van der Waals surface area contributed by atoms with Crippen LogP contribution in [0.3, 0.4) is 0 Å². The molecule has 2 rings (SSSR count). The number of hydrogen-bond donors (Lipinski definition) is 1. The maximum Gasteiger partial charge on any atom is 0.170 e. The molecule has 1 aromatic carbocycles. The minimum Gasteiger partial charge on any atom is -0.313 e. The van der Waals surface area contributed by atoms with Gasteiger partial charge in [0.05, 0.1) is 12.2 Å². The van der Waals surface area contributed by atoms with Crippen molar-refractivity contribution in [3.63, 3.8) is 0 Å². The Morgan fingerprint density at radius 3 is 2.59 bits per heavy atom. The summed E-state index contributed by atoms with van der Waals surface area (Å²) in [6, 6.07) is 3.60. The second-order valence-electron chi connectivity index (χ2n) is 3.26. The first-order chi connectivity index (χ1) is 8.13. The lowest BCUT2D eigenvalue weighted by Gasteiger charge is -2.09. The maximum atomic E-state index is 5.95. The first-order valence-corrected chi connectivity index (χ1v) is 6.66. The molecular formula is C9H8Br2ClN5. The molecule has 0 amide bonds. The fourth-order valence-electron chi connectivity index (χ4n) is 1.38. The normalized spacial score (nSPS) is 10.8. The van der Waals surface area contributed by atoms with Gasteiger partial charge in [-0.05, 0) is 61.5 Å². The zero-order chi connectivity index (χ0) is 12.4. The molecule has 0 bridgehead atoms. The summed E-state index contributed by atoms with van der Waals surface area (Å²) >= 11 is 12.9. The highest BCUT2D eigenvalue weighted by molar-refractivity contribution is 9.11. The Labute approximate surface area is 120 Å². The van der Waals surface area contributed by atoms with E-state index in [9.17, 15) is 0 Å². The third-order valence-electron chi connectivity index (χ3n) is 2.06. The van der Waals surface area contributed by atoms with Crippen LogP contribution >= 0.6 is 43.5 Å². The molecule has 0 aliphatic heterocycles. The summed E-state index contributed by atoms with van der Waals surface area (Å²) in [7, 11) is 1.84. The molecule has 1 aromatic heterocycles. The van der Waals surface area contributed by atoms with Gasteiger partial charge in [-0.1, -0.05) is 11.6 Å². The number of tetrazole rings is 1. The van der Waals surface area contributed by atoms with Crippen molar-refractivity contribution >= 4 is 43.5 Å². The molecular weight excluding hydrogens is 373 g/mol. The molecule has 90 valence electrons. The Balaban J connectivity index is 2.56. The summed E-state index contributed by atoms with van der Waals surface area (Å²) in [4.78, 5) is 0. The number of rotatable bonds is 3. The van der Waals surface area contributed by atoms with Crippen molar-refractivity contribution in [2.75, 3.05) is 7.05 Å². The van der Waals surface area contributed by atoms with Crippen LogP contribution in [0.4, 0.5) is 0 Å². The SMILES string of the molecule is CNCc1nnnn1-c1c(Br)cc(Cl)cc1Br. The van der Waals surface area contributed by atoms with E-state index in [2.05, 4.69) is 52.7 Å². The van der Waals surface area contributed by atoms with Crippen molar-refractivity contribution in [3.05, 3.63) is 31.9 Å². The molecule has 17 heavy (non-hydrogen) atoms.